The molecule has 0 aromatic heterocycles. The SMILES string of the molecule is CC(C)C(C(=O)O)C(=O)N(O)C(C)NCC(O)P(=O)(O)O. The van der Waals surface area contributed by atoms with Crippen molar-refractivity contribution in [2.45, 2.75) is 32.8 Å². The van der Waals surface area contributed by atoms with Crippen LogP contribution in [-0.4, -0.2) is 60.7 Å². The fourth-order valence-corrected chi connectivity index (χ4v) is 1.83. The maximum atomic E-state index is 11.8. The number of hydrogen-bond donors (Lipinski definition) is 6. The third-order valence-electron chi connectivity index (χ3n) is 2.78. The zero-order chi connectivity index (χ0) is 17.0. The Morgan fingerprint density at radius 2 is 1.71 bits per heavy atom. The first-order chi connectivity index (χ1) is 9.39. The fourth-order valence-electron chi connectivity index (χ4n) is 1.49. The number of hydrogen-bond acceptors (Lipinski definition) is 6. The fraction of sp³-hybridized carbons (Fsp3) is 0.800. The second kappa shape index (κ2) is 7.83. The Hall–Kier alpha value is -1.03. The van der Waals surface area contributed by atoms with E-state index >= 15 is 0 Å². The standard InChI is InChI=1S/C10H21N2O8P/c1-5(2)8(10(15)16)9(14)12(17)6(3)11-4-7(13)21(18,19)20/h5-8,11,13,17H,4H2,1-3H3,(H,15,16)(H2,18,19,20). The van der Waals surface area contributed by atoms with E-state index in [0.29, 0.717) is 0 Å². The summed E-state index contributed by atoms with van der Waals surface area (Å²) in [5.74, 6) is -6.47. The lowest BCUT2D eigenvalue weighted by Gasteiger charge is -2.28. The quantitative estimate of drug-likeness (QED) is 0.107. The van der Waals surface area contributed by atoms with E-state index in [0.717, 1.165) is 0 Å². The topological polar surface area (TPSA) is 168 Å². The van der Waals surface area contributed by atoms with Crippen molar-refractivity contribution in [1.29, 1.82) is 0 Å². The van der Waals surface area contributed by atoms with Crippen LogP contribution in [0.4, 0.5) is 0 Å². The zero-order valence-corrected chi connectivity index (χ0v) is 12.8. The van der Waals surface area contributed by atoms with Crippen LogP contribution in [0.5, 0.6) is 0 Å². The Kier molecular flexibility index (Phi) is 7.45. The molecule has 3 unspecified atom stereocenters. The molecule has 0 radical (unpaired) electrons. The highest BCUT2D eigenvalue weighted by Crippen LogP contribution is 2.38. The van der Waals surface area contributed by atoms with Gasteiger partial charge in [0.25, 0.3) is 5.91 Å². The Balaban J connectivity index is 4.70. The van der Waals surface area contributed by atoms with Crippen LogP contribution in [0, 0.1) is 11.8 Å². The first-order valence-electron chi connectivity index (χ1n) is 6.11. The summed E-state index contributed by atoms with van der Waals surface area (Å²) >= 11 is 0. The molecule has 10 nitrogen and oxygen atoms in total. The summed E-state index contributed by atoms with van der Waals surface area (Å²) in [6.45, 7) is 3.68. The summed E-state index contributed by atoms with van der Waals surface area (Å²) in [5.41, 5.74) is 0. The number of carbonyl (C=O) groups excluding carboxylic acids is 1. The first kappa shape index (κ1) is 20.0. The molecule has 0 spiro atoms. The molecule has 0 heterocycles. The van der Waals surface area contributed by atoms with Gasteiger partial charge < -0.3 is 20.0 Å². The van der Waals surface area contributed by atoms with Gasteiger partial charge in [-0.25, -0.2) is 5.06 Å². The molecule has 6 N–H and O–H groups in total. The number of rotatable bonds is 8. The molecule has 0 aromatic carbocycles. The molecular formula is C10H21N2O8P. The molecule has 0 aromatic rings. The van der Waals surface area contributed by atoms with Crippen LogP contribution in [-0.2, 0) is 14.2 Å². The van der Waals surface area contributed by atoms with Crippen molar-refractivity contribution in [2.24, 2.45) is 11.8 Å². The van der Waals surface area contributed by atoms with Crippen molar-refractivity contribution in [3.8, 4) is 0 Å². The summed E-state index contributed by atoms with van der Waals surface area (Å²) in [6, 6.07) is 0. The van der Waals surface area contributed by atoms with Gasteiger partial charge in [0, 0.05) is 6.54 Å². The summed E-state index contributed by atoms with van der Waals surface area (Å²) in [4.78, 5) is 40.2. The van der Waals surface area contributed by atoms with E-state index in [1.54, 1.807) is 0 Å². The molecule has 0 aliphatic carbocycles. The molecule has 0 fully saturated rings. The number of hydroxylamine groups is 2. The van der Waals surface area contributed by atoms with Gasteiger partial charge in [0.05, 0.1) is 0 Å². The van der Waals surface area contributed by atoms with Crippen LogP contribution in [0.1, 0.15) is 20.8 Å². The highest BCUT2D eigenvalue weighted by Gasteiger charge is 2.35. The van der Waals surface area contributed by atoms with E-state index in [-0.39, 0.29) is 5.06 Å². The van der Waals surface area contributed by atoms with Crippen LogP contribution >= 0.6 is 7.60 Å². The normalized spacial score (nSPS) is 16.4. The highest BCUT2D eigenvalue weighted by molar-refractivity contribution is 7.52. The van der Waals surface area contributed by atoms with Gasteiger partial charge in [0.15, 0.2) is 5.85 Å². The lowest BCUT2D eigenvalue weighted by molar-refractivity contribution is -0.187. The Labute approximate surface area is 121 Å². The summed E-state index contributed by atoms with van der Waals surface area (Å²) in [5, 5.41) is 30.2. The molecule has 21 heavy (non-hydrogen) atoms. The number of nitrogens with zero attached hydrogens (tertiary/aromatic N) is 1. The number of aliphatic hydroxyl groups is 1. The van der Waals surface area contributed by atoms with Gasteiger partial charge in [-0.1, -0.05) is 13.8 Å². The van der Waals surface area contributed by atoms with Gasteiger partial charge in [-0.2, -0.15) is 0 Å². The number of aliphatic hydroxyl groups excluding tert-OH is 1. The van der Waals surface area contributed by atoms with E-state index in [9.17, 15) is 19.4 Å². The Bertz CT molecular complexity index is 423. The lowest BCUT2D eigenvalue weighted by Crippen LogP contribution is -2.51. The molecule has 0 bridgehead atoms. The van der Waals surface area contributed by atoms with Crippen LogP contribution < -0.4 is 5.32 Å². The molecule has 0 aliphatic rings. The summed E-state index contributed by atoms with van der Waals surface area (Å²) < 4.78 is 10.7. The molecular weight excluding hydrogens is 307 g/mol. The van der Waals surface area contributed by atoms with Crippen molar-refractivity contribution < 1.29 is 39.4 Å². The molecule has 124 valence electrons. The minimum Gasteiger partial charge on any atom is -0.481 e. The molecule has 0 rings (SSSR count). The highest BCUT2D eigenvalue weighted by atomic mass is 31.2. The molecule has 11 heteroatoms. The van der Waals surface area contributed by atoms with Gasteiger partial charge in [-0.3, -0.25) is 24.7 Å². The number of carboxylic acid groups (broad SMARTS) is 1. The van der Waals surface area contributed by atoms with Crippen molar-refractivity contribution in [3.05, 3.63) is 0 Å². The van der Waals surface area contributed by atoms with Gasteiger partial charge in [-0.15, -0.1) is 0 Å². The van der Waals surface area contributed by atoms with Crippen LogP contribution in [0.3, 0.4) is 0 Å². The second-order valence-corrected chi connectivity index (χ2v) is 6.67. The van der Waals surface area contributed by atoms with E-state index in [2.05, 4.69) is 5.32 Å². The third-order valence-corrected chi connectivity index (χ3v) is 3.73. The zero-order valence-electron chi connectivity index (χ0n) is 11.9. The molecule has 0 saturated carbocycles. The summed E-state index contributed by atoms with van der Waals surface area (Å²) in [7, 11) is -4.70. The number of amides is 1. The number of aliphatic carboxylic acids is 1. The first-order valence-corrected chi connectivity index (χ1v) is 7.79. The second-order valence-electron chi connectivity index (χ2n) is 4.90. The minimum atomic E-state index is -4.70. The Morgan fingerprint density at radius 3 is 2.05 bits per heavy atom. The van der Waals surface area contributed by atoms with Gasteiger partial charge >= 0.3 is 13.6 Å². The van der Waals surface area contributed by atoms with Crippen LogP contribution in [0.15, 0.2) is 0 Å². The smallest absolute Gasteiger partial charge is 0.355 e. The molecule has 1 amide bonds. The number of carbonyl (C=O) groups is 2. The van der Waals surface area contributed by atoms with Crippen molar-refractivity contribution in [2.75, 3.05) is 6.54 Å². The van der Waals surface area contributed by atoms with E-state index in [1.807, 2.05) is 0 Å². The maximum Gasteiger partial charge on any atom is 0.355 e. The van der Waals surface area contributed by atoms with Crippen molar-refractivity contribution >= 4 is 19.5 Å². The van der Waals surface area contributed by atoms with Crippen molar-refractivity contribution in [3.63, 3.8) is 0 Å². The third kappa shape index (κ3) is 6.08. The molecule has 3 atom stereocenters. The molecule has 0 aliphatic heterocycles. The van der Waals surface area contributed by atoms with E-state index in [1.165, 1.54) is 20.8 Å². The minimum absolute atomic E-state index is 0.130. The maximum absolute atomic E-state index is 11.8. The predicted molar refractivity (Wildman–Crippen MR) is 70.1 cm³/mol. The van der Waals surface area contributed by atoms with Gasteiger partial charge in [-0.05, 0) is 12.8 Å². The van der Waals surface area contributed by atoms with Gasteiger partial charge in [0.2, 0.25) is 0 Å². The average Bonchev–Trinajstić information content (AvgIpc) is 2.32. The lowest BCUT2D eigenvalue weighted by atomic mass is 9.95. The Morgan fingerprint density at radius 1 is 1.24 bits per heavy atom. The molecule has 0 saturated heterocycles. The largest absolute Gasteiger partial charge is 0.481 e. The average molecular weight is 328 g/mol. The number of nitrogens with one attached hydrogen (secondary N) is 1. The van der Waals surface area contributed by atoms with Crippen LogP contribution in [0.2, 0.25) is 0 Å². The van der Waals surface area contributed by atoms with Gasteiger partial charge in [0.1, 0.15) is 12.1 Å². The predicted octanol–water partition coefficient (Wildman–Crippen LogP) is -1.01. The monoisotopic (exact) mass is 328 g/mol. The summed E-state index contributed by atoms with van der Waals surface area (Å²) in [6.07, 6.45) is -1.14. The number of carboxylic acids is 1. The van der Waals surface area contributed by atoms with E-state index in [4.69, 9.17) is 20.0 Å². The van der Waals surface area contributed by atoms with Crippen molar-refractivity contribution in [1.82, 2.24) is 10.4 Å². The van der Waals surface area contributed by atoms with E-state index < -0.39 is 49.9 Å². The van der Waals surface area contributed by atoms with Crippen LogP contribution in [0.25, 0.3) is 0 Å².